The third-order valence-corrected chi connectivity index (χ3v) is 6.48. The highest BCUT2D eigenvalue weighted by atomic mass is 32.2. The number of hydrogen-bond acceptors (Lipinski definition) is 7. The molecule has 1 aromatic carbocycles. The van der Waals surface area contributed by atoms with E-state index in [-0.39, 0.29) is 10.9 Å². The maximum atomic E-state index is 12.6. The molecule has 0 aliphatic carbocycles. The van der Waals surface area contributed by atoms with Crippen LogP contribution in [0.1, 0.15) is 12.8 Å². The molecule has 0 amide bonds. The smallest absolute Gasteiger partial charge is 0.408 e. The monoisotopic (exact) mass is 380 g/mol. The molecule has 1 fully saturated rings. The van der Waals surface area contributed by atoms with Crippen LogP contribution in [-0.4, -0.2) is 37.5 Å². The van der Waals surface area contributed by atoms with Gasteiger partial charge in [-0.05, 0) is 31.0 Å². The molecule has 2 N–H and O–H groups in total. The van der Waals surface area contributed by atoms with E-state index in [1.165, 1.54) is 18.2 Å². The number of aromatic amines is 1. The first-order valence-electron chi connectivity index (χ1n) is 7.82. The first-order valence-corrected chi connectivity index (χ1v) is 10.2. The van der Waals surface area contributed by atoms with Gasteiger partial charge in [-0.3, -0.25) is 4.98 Å². The van der Waals surface area contributed by atoms with E-state index in [0.717, 1.165) is 24.5 Å². The zero-order chi connectivity index (χ0) is 17.4. The molecule has 2 aromatic heterocycles. The summed E-state index contributed by atoms with van der Waals surface area (Å²) in [6.07, 6.45) is 3.67. The molecule has 0 saturated carbocycles. The van der Waals surface area contributed by atoms with Gasteiger partial charge in [0.25, 0.3) is 0 Å². The maximum absolute atomic E-state index is 12.6. The van der Waals surface area contributed by atoms with Crippen LogP contribution in [0.4, 0.5) is 5.13 Å². The average Bonchev–Trinajstić information content (AvgIpc) is 3.31. The third kappa shape index (κ3) is 3.20. The molecule has 1 unspecified atom stereocenters. The van der Waals surface area contributed by atoms with Gasteiger partial charge in [-0.1, -0.05) is 0 Å². The minimum absolute atomic E-state index is 0.0818. The molecule has 1 aliphatic rings. The summed E-state index contributed by atoms with van der Waals surface area (Å²) in [4.78, 5) is 20.2. The van der Waals surface area contributed by atoms with Gasteiger partial charge < -0.3 is 9.32 Å². The number of fused-ring (bicyclic) bond motifs is 1. The van der Waals surface area contributed by atoms with Crippen LogP contribution in [0.2, 0.25) is 0 Å². The number of sulfonamides is 1. The van der Waals surface area contributed by atoms with Gasteiger partial charge in [0.1, 0.15) is 0 Å². The molecule has 0 spiro atoms. The highest BCUT2D eigenvalue weighted by molar-refractivity contribution is 7.89. The number of oxazole rings is 1. The largest absolute Gasteiger partial charge is 0.417 e. The van der Waals surface area contributed by atoms with E-state index in [1.807, 2.05) is 5.38 Å². The van der Waals surface area contributed by atoms with Gasteiger partial charge in [-0.25, -0.2) is 22.9 Å². The first kappa shape index (κ1) is 16.3. The van der Waals surface area contributed by atoms with E-state index in [4.69, 9.17) is 4.42 Å². The zero-order valence-corrected chi connectivity index (χ0v) is 14.8. The van der Waals surface area contributed by atoms with Crippen molar-refractivity contribution in [2.24, 2.45) is 0 Å². The van der Waals surface area contributed by atoms with Crippen molar-refractivity contribution in [2.75, 3.05) is 18.0 Å². The number of benzene rings is 1. The molecule has 1 aliphatic heterocycles. The molecular weight excluding hydrogens is 364 g/mol. The predicted octanol–water partition coefficient (Wildman–Crippen LogP) is 1.52. The van der Waals surface area contributed by atoms with Gasteiger partial charge in [-0.15, -0.1) is 11.3 Å². The topological polar surface area (TPSA) is 108 Å². The van der Waals surface area contributed by atoms with Gasteiger partial charge in [-0.2, -0.15) is 0 Å². The number of rotatable bonds is 5. The number of nitrogens with one attached hydrogen (secondary N) is 2. The number of anilines is 1. The normalized spacial score (nSPS) is 18.2. The second kappa shape index (κ2) is 6.28. The van der Waals surface area contributed by atoms with Crippen LogP contribution in [0.15, 0.2) is 43.9 Å². The van der Waals surface area contributed by atoms with Crippen molar-refractivity contribution in [3.8, 4) is 0 Å². The van der Waals surface area contributed by atoms with E-state index in [1.54, 1.807) is 17.5 Å². The summed E-state index contributed by atoms with van der Waals surface area (Å²) in [5, 5.41) is 2.83. The molecule has 3 aromatic rings. The summed E-state index contributed by atoms with van der Waals surface area (Å²) in [7, 11) is -3.68. The van der Waals surface area contributed by atoms with Crippen LogP contribution >= 0.6 is 11.3 Å². The lowest BCUT2D eigenvalue weighted by atomic mass is 10.2. The number of H-pyrrole nitrogens is 1. The summed E-state index contributed by atoms with van der Waals surface area (Å²) < 4.78 is 32.7. The Morgan fingerprint density at radius 2 is 2.32 bits per heavy atom. The van der Waals surface area contributed by atoms with E-state index in [0.29, 0.717) is 17.6 Å². The van der Waals surface area contributed by atoms with E-state index >= 15 is 0 Å². The molecule has 1 saturated heterocycles. The van der Waals surface area contributed by atoms with Crippen molar-refractivity contribution >= 4 is 37.6 Å². The van der Waals surface area contributed by atoms with E-state index < -0.39 is 15.8 Å². The molecule has 1 atom stereocenters. The standard InChI is InChI=1S/C15H16N4O4S2/c20-15-18-12-8-11(3-4-13(12)23-15)25(21,22)17-9-10-2-1-6-19(10)14-16-5-7-24-14/h3-5,7-8,10,17H,1-2,6,9H2,(H,18,20). The fourth-order valence-corrected chi connectivity index (χ4v) is 4.88. The van der Waals surface area contributed by atoms with Crippen molar-refractivity contribution in [3.05, 3.63) is 40.3 Å². The molecule has 4 rings (SSSR count). The second-order valence-corrected chi connectivity index (χ2v) is 8.47. The summed E-state index contributed by atoms with van der Waals surface area (Å²) in [6, 6.07) is 4.38. The Kier molecular flexibility index (Phi) is 4.10. The Morgan fingerprint density at radius 1 is 1.44 bits per heavy atom. The van der Waals surface area contributed by atoms with Crippen molar-refractivity contribution in [3.63, 3.8) is 0 Å². The summed E-state index contributed by atoms with van der Waals surface area (Å²) in [6.45, 7) is 1.18. The number of nitrogens with zero attached hydrogens (tertiary/aromatic N) is 2. The second-order valence-electron chi connectivity index (χ2n) is 5.83. The zero-order valence-electron chi connectivity index (χ0n) is 13.1. The Hall–Kier alpha value is -2.17. The van der Waals surface area contributed by atoms with Gasteiger partial charge in [0.15, 0.2) is 10.7 Å². The summed E-state index contributed by atoms with van der Waals surface area (Å²) in [5.41, 5.74) is 0.688. The lowest BCUT2D eigenvalue weighted by Gasteiger charge is -2.24. The minimum atomic E-state index is -3.68. The SMILES string of the molecule is O=c1[nH]c2cc(S(=O)(=O)NCC3CCCN3c3nccs3)ccc2o1. The van der Waals surface area contributed by atoms with Gasteiger partial charge in [0, 0.05) is 30.7 Å². The molecule has 132 valence electrons. The number of aromatic nitrogens is 2. The fourth-order valence-electron chi connectivity index (χ4n) is 3.05. The van der Waals surface area contributed by atoms with Gasteiger partial charge in [0.2, 0.25) is 10.0 Å². The van der Waals surface area contributed by atoms with Crippen LogP contribution in [0.25, 0.3) is 11.1 Å². The van der Waals surface area contributed by atoms with E-state index in [2.05, 4.69) is 19.6 Å². The van der Waals surface area contributed by atoms with Crippen LogP contribution < -0.4 is 15.4 Å². The fraction of sp³-hybridized carbons (Fsp3) is 0.333. The van der Waals surface area contributed by atoms with Crippen molar-refractivity contribution in [2.45, 2.75) is 23.8 Å². The van der Waals surface area contributed by atoms with E-state index in [9.17, 15) is 13.2 Å². The Morgan fingerprint density at radius 3 is 3.12 bits per heavy atom. The Bertz CT molecular complexity index is 1040. The van der Waals surface area contributed by atoms with Crippen molar-refractivity contribution in [1.29, 1.82) is 0 Å². The van der Waals surface area contributed by atoms with Crippen molar-refractivity contribution in [1.82, 2.24) is 14.7 Å². The molecule has 0 bridgehead atoms. The molecule has 10 heteroatoms. The Balaban J connectivity index is 1.51. The molecular formula is C15H16N4O4S2. The third-order valence-electron chi connectivity index (χ3n) is 4.25. The lowest BCUT2D eigenvalue weighted by Crippen LogP contribution is -2.40. The number of hydrogen-bond donors (Lipinski definition) is 2. The highest BCUT2D eigenvalue weighted by Gasteiger charge is 2.28. The molecule has 25 heavy (non-hydrogen) atoms. The summed E-state index contributed by atoms with van der Waals surface area (Å²) >= 11 is 1.55. The van der Waals surface area contributed by atoms with Crippen LogP contribution in [-0.2, 0) is 10.0 Å². The predicted molar refractivity (Wildman–Crippen MR) is 94.5 cm³/mol. The number of thiazole rings is 1. The Labute approximate surface area is 147 Å². The quantitative estimate of drug-likeness (QED) is 0.695. The molecule has 3 heterocycles. The lowest BCUT2D eigenvalue weighted by molar-refractivity contribution is 0.555. The van der Waals surface area contributed by atoms with Gasteiger partial charge >= 0.3 is 5.76 Å². The van der Waals surface area contributed by atoms with Crippen LogP contribution in [0.5, 0.6) is 0 Å². The minimum Gasteiger partial charge on any atom is -0.408 e. The first-order chi connectivity index (χ1) is 12.0. The summed E-state index contributed by atoms with van der Waals surface area (Å²) in [5.74, 6) is -0.609. The molecule has 8 nitrogen and oxygen atoms in total. The van der Waals surface area contributed by atoms with Crippen molar-refractivity contribution < 1.29 is 12.8 Å². The average molecular weight is 380 g/mol. The highest BCUT2D eigenvalue weighted by Crippen LogP contribution is 2.27. The van der Waals surface area contributed by atoms with Gasteiger partial charge in [0.05, 0.1) is 10.4 Å². The molecule has 0 radical (unpaired) electrons. The van der Waals surface area contributed by atoms with Crippen LogP contribution in [0, 0.1) is 0 Å². The van der Waals surface area contributed by atoms with Crippen LogP contribution in [0.3, 0.4) is 0 Å². The maximum Gasteiger partial charge on any atom is 0.417 e.